The van der Waals surface area contributed by atoms with E-state index in [0.717, 1.165) is 17.0 Å². The molecule has 2 aromatic carbocycles. The van der Waals surface area contributed by atoms with E-state index in [1.165, 1.54) is 24.3 Å². The highest BCUT2D eigenvalue weighted by atomic mass is 32.2. The number of carbonyl (C=O) groups is 2. The number of ether oxygens (including phenoxy) is 1. The van der Waals surface area contributed by atoms with Gasteiger partial charge in [0.05, 0.1) is 6.42 Å². The molecule has 0 aliphatic carbocycles. The molecule has 0 spiro atoms. The summed E-state index contributed by atoms with van der Waals surface area (Å²) in [5, 5.41) is 1.00. The largest absolute Gasteiger partial charge is 0.457 e. The van der Waals surface area contributed by atoms with E-state index in [4.69, 9.17) is 4.74 Å². The number of hydrogen-bond donors (Lipinski definition) is 1. The van der Waals surface area contributed by atoms with E-state index in [0.29, 0.717) is 0 Å². The van der Waals surface area contributed by atoms with Crippen LogP contribution in [0.15, 0.2) is 60.0 Å². The van der Waals surface area contributed by atoms with Crippen molar-refractivity contribution in [1.29, 1.82) is 0 Å². The van der Waals surface area contributed by atoms with Crippen LogP contribution in [-0.4, -0.2) is 33.3 Å². The van der Waals surface area contributed by atoms with Crippen molar-refractivity contribution in [2.24, 2.45) is 0 Å². The van der Waals surface area contributed by atoms with Crippen molar-refractivity contribution < 1.29 is 27.1 Å². The van der Waals surface area contributed by atoms with Crippen LogP contribution in [0.3, 0.4) is 0 Å². The molecule has 2 rings (SSSR count). The fourth-order valence-electron chi connectivity index (χ4n) is 2.04. The molecule has 0 atom stereocenters. The van der Waals surface area contributed by atoms with Crippen LogP contribution in [-0.2, 0) is 19.6 Å². The maximum Gasteiger partial charge on any atom is 0.307 e. The second-order valence-electron chi connectivity index (χ2n) is 5.50. The lowest BCUT2D eigenvalue weighted by atomic mass is 10.1. The Kier molecular flexibility index (Phi) is 7.39. The van der Waals surface area contributed by atoms with Crippen molar-refractivity contribution in [1.82, 2.24) is 4.72 Å². The van der Waals surface area contributed by atoms with E-state index < -0.39 is 34.2 Å². The van der Waals surface area contributed by atoms with Gasteiger partial charge in [0.1, 0.15) is 5.82 Å². The lowest BCUT2D eigenvalue weighted by Gasteiger charge is -2.05. The monoisotopic (exact) mass is 391 g/mol. The molecule has 0 aromatic heterocycles. The minimum atomic E-state index is -3.70. The molecule has 0 saturated carbocycles. The van der Waals surface area contributed by atoms with Crippen LogP contribution >= 0.6 is 0 Å². The third-order valence-corrected chi connectivity index (χ3v) is 4.48. The van der Waals surface area contributed by atoms with Gasteiger partial charge in [-0.15, -0.1) is 0 Å². The van der Waals surface area contributed by atoms with Crippen LogP contribution in [0.25, 0.3) is 6.08 Å². The Hall–Kier alpha value is -2.84. The number of sulfonamides is 1. The van der Waals surface area contributed by atoms with Gasteiger partial charge in [-0.25, -0.2) is 17.5 Å². The fourth-order valence-corrected chi connectivity index (χ4v) is 2.86. The molecule has 0 heterocycles. The predicted molar refractivity (Wildman–Crippen MR) is 98.7 cm³/mol. The number of hydrogen-bond acceptors (Lipinski definition) is 5. The molecular weight excluding hydrogens is 373 g/mol. The molecule has 6 nitrogen and oxygen atoms in total. The van der Waals surface area contributed by atoms with Crippen molar-refractivity contribution in [3.8, 4) is 0 Å². The summed E-state index contributed by atoms with van der Waals surface area (Å²) in [6.07, 6.45) is 1.19. The van der Waals surface area contributed by atoms with Crippen molar-refractivity contribution in [2.75, 3.05) is 13.2 Å². The van der Waals surface area contributed by atoms with Gasteiger partial charge in [0, 0.05) is 17.5 Å². The molecule has 8 heteroatoms. The summed E-state index contributed by atoms with van der Waals surface area (Å²) in [5.74, 6) is -1.85. The zero-order chi connectivity index (χ0) is 19.7. The van der Waals surface area contributed by atoms with Crippen LogP contribution in [0, 0.1) is 5.82 Å². The van der Waals surface area contributed by atoms with Crippen LogP contribution in [0.4, 0.5) is 4.39 Å². The van der Waals surface area contributed by atoms with Gasteiger partial charge in [0.25, 0.3) is 0 Å². The minimum absolute atomic E-state index is 0.0922. The minimum Gasteiger partial charge on any atom is -0.457 e. The summed E-state index contributed by atoms with van der Waals surface area (Å²) < 4.78 is 43.7. The zero-order valence-corrected chi connectivity index (χ0v) is 15.1. The zero-order valence-electron chi connectivity index (χ0n) is 14.3. The molecule has 0 aliphatic heterocycles. The molecule has 0 bridgehead atoms. The summed E-state index contributed by atoms with van der Waals surface area (Å²) in [4.78, 5) is 23.4. The number of carbonyl (C=O) groups excluding carboxylic acids is 2. The number of ketones is 1. The van der Waals surface area contributed by atoms with Gasteiger partial charge in [-0.1, -0.05) is 42.5 Å². The highest BCUT2D eigenvalue weighted by Crippen LogP contribution is 2.05. The van der Waals surface area contributed by atoms with Crippen LogP contribution in [0.5, 0.6) is 0 Å². The molecule has 0 saturated heterocycles. The first-order chi connectivity index (χ1) is 12.9. The Balaban J connectivity index is 1.73. The number of rotatable bonds is 9. The topological polar surface area (TPSA) is 89.5 Å². The first-order valence-electron chi connectivity index (χ1n) is 8.03. The van der Waals surface area contributed by atoms with E-state index in [2.05, 4.69) is 4.72 Å². The number of halogens is 1. The molecule has 142 valence electrons. The summed E-state index contributed by atoms with van der Waals surface area (Å²) in [7, 11) is -3.70. The van der Waals surface area contributed by atoms with E-state index in [-0.39, 0.29) is 18.5 Å². The smallest absolute Gasteiger partial charge is 0.307 e. The van der Waals surface area contributed by atoms with Gasteiger partial charge < -0.3 is 4.74 Å². The van der Waals surface area contributed by atoms with Crippen LogP contribution in [0.2, 0.25) is 0 Å². The molecule has 0 fully saturated rings. The molecule has 0 unspecified atom stereocenters. The highest BCUT2D eigenvalue weighted by Gasteiger charge is 2.12. The predicted octanol–water partition coefficient (Wildman–Crippen LogP) is 2.53. The van der Waals surface area contributed by atoms with Gasteiger partial charge in [-0.3, -0.25) is 9.59 Å². The lowest BCUT2D eigenvalue weighted by molar-refractivity contribution is -0.142. The van der Waals surface area contributed by atoms with Gasteiger partial charge in [0.2, 0.25) is 10.0 Å². The van der Waals surface area contributed by atoms with Crippen molar-refractivity contribution in [3.05, 3.63) is 76.9 Å². The van der Waals surface area contributed by atoms with E-state index in [1.807, 2.05) is 6.07 Å². The average Bonchev–Trinajstić information content (AvgIpc) is 2.65. The second-order valence-corrected chi connectivity index (χ2v) is 7.15. The SMILES string of the molecule is O=C(CCNS(=O)(=O)/C=C/c1ccccc1)OCC(=O)c1cccc(F)c1. The first kappa shape index (κ1) is 20.5. The van der Waals surface area contributed by atoms with Crippen LogP contribution in [0.1, 0.15) is 22.3 Å². The lowest BCUT2D eigenvalue weighted by Crippen LogP contribution is -2.25. The molecule has 0 radical (unpaired) electrons. The van der Waals surface area contributed by atoms with E-state index in [9.17, 15) is 22.4 Å². The average molecular weight is 391 g/mol. The standard InChI is InChI=1S/C19H18FNO5S/c20-17-8-4-7-16(13-17)18(22)14-26-19(23)9-11-21-27(24,25)12-10-15-5-2-1-3-6-15/h1-8,10,12-13,21H,9,11,14H2/b12-10+. The van der Waals surface area contributed by atoms with Gasteiger partial charge in [0.15, 0.2) is 12.4 Å². The van der Waals surface area contributed by atoms with Crippen molar-refractivity contribution in [2.45, 2.75) is 6.42 Å². The molecular formula is C19H18FNO5S. The number of esters is 1. The summed E-state index contributed by atoms with van der Waals surface area (Å²) in [5.41, 5.74) is 0.813. The number of benzene rings is 2. The second kappa shape index (κ2) is 9.75. The Morgan fingerprint density at radius 2 is 1.81 bits per heavy atom. The van der Waals surface area contributed by atoms with E-state index >= 15 is 0 Å². The third-order valence-electron chi connectivity index (χ3n) is 3.38. The number of Topliss-reactive ketones (excluding diaryl/α,β-unsaturated/α-hetero) is 1. The molecule has 27 heavy (non-hydrogen) atoms. The summed E-state index contributed by atoms with van der Waals surface area (Å²) >= 11 is 0. The quantitative estimate of drug-likeness (QED) is 0.524. The normalized spacial score (nSPS) is 11.4. The van der Waals surface area contributed by atoms with Crippen molar-refractivity contribution >= 4 is 27.9 Å². The maximum absolute atomic E-state index is 13.0. The third kappa shape index (κ3) is 7.51. The van der Waals surface area contributed by atoms with Gasteiger partial charge >= 0.3 is 5.97 Å². The Morgan fingerprint density at radius 3 is 2.52 bits per heavy atom. The molecule has 0 aliphatic rings. The maximum atomic E-state index is 13.0. The van der Waals surface area contributed by atoms with Gasteiger partial charge in [-0.2, -0.15) is 0 Å². The summed E-state index contributed by atoms with van der Waals surface area (Å²) in [6.45, 7) is -0.711. The molecule has 1 N–H and O–H groups in total. The Labute approximate surface area is 156 Å². The summed E-state index contributed by atoms with van der Waals surface area (Å²) in [6, 6.07) is 13.9. The molecule has 2 aromatic rings. The van der Waals surface area contributed by atoms with Gasteiger partial charge in [-0.05, 0) is 23.8 Å². The first-order valence-corrected chi connectivity index (χ1v) is 9.57. The van der Waals surface area contributed by atoms with Crippen molar-refractivity contribution in [3.63, 3.8) is 0 Å². The van der Waals surface area contributed by atoms with Crippen LogP contribution < -0.4 is 4.72 Å². The fraction of sp³-hybridized carbons (Fsp3) is 0.158. The Morgan fingerprint density at radius 1 is 1.07 bits per heavy atom. The van der Waals surface area contributed by atoms with E-state index in [1.54, 1.807) is 24.3 Å². The Bertz CT molecular complexity index is 926. The molecule has 0 amide bonds. The highest BCUT2D eigenvalue weighted by molar-refractivity contribution is 7.92. The number of nitrogens with one attached hydrogen (secondary N) is 1.